The van der Waals surface area contributed by atoms with E-state index in [1.54, 1.807) is 11.3 Å². The number of hydrogen-bond donors (Lipinski definition) is 1. The van der Waals surface area contributed by atoms with E-state index in [1.165, 1.54) is 0 Å². The molecule has 1 aromatic carbocycles. The van der Waals surface area contributed by atoms with Crippen LogP contribution in [0.25, 0.3) is 16.2 Å². The molecule has 7 heteroatoms. The molecule has 0 aliphatic heterocycles. The molecule has 0 fully saturated rings. The molecular weight excluding hydrogens is 368 g/mol. The SMILES string of the molecule is CCN(CC)CCNC(=O)Cc1csc2nc(-c3ccc(Cl)cc3)cn12. The summed E-state index contributed by atoms with van der Waals surface area (Å²) in [7, 11) is 0. The summed E-state index contributed by atoms with van der Waals surface area (Å²) < 4.78 is 2.00. The van der Waals surface area contributed by atoms with Crippen LogP contribution in [0.3, 0.4) is 0 Å². The fourth-order valence-electron chi connectivity index (χ4n) is 2.84. The second-order valence-corrected chi connectivity index (χ2v) is 7.34. The first-order valence-electron chi connectivity index (χ1n) is 8.81. The highest BCUT2D eigenvalue weighted by Gasteiger charge is 2.12. The van der Waals surface area contributed by atoms with Gasteiger partial charge in [-0.1, -0.05) is 37.6 Å². The molecule has 0 spiro atoms. The van der Waals surface area contributed by atoms with Crippen molar-refractivity contribution < 1.29 is 4.79 Å². The van der Waals surface area contributed by atoms with Gasteiger partial charge in [0.25, 0.3) is 0 Å². The molecule has 3 aromatic rings. The minimum absolute atomic E-state index is 0.0404. The molecule has 5 nitrogen and oxygen atoms in total. The molecule has 138 valence electrons. The van der Waals surface area contributed by atoms with Gasteiger partial charge in [-0.2, -0.15) is 0 Å². The van der Waals surface area contributed by atoms with Crippen LogP contribution in [0.15, 0.2) is 35.8 Å². The minimum Gasteiger partial charge on any atom is -0.354 e. The number of likely N-dealkylation sites (N-methyl/N-ethyl adjacent to an activating group) is 1. The predicted octanol–water partition coefficient (Wildman–Crippen LogP) is 3.72. The molecule has 26 heavy (non-hydrogen) atoms. The maximum Gasteiger partial charge on any atom is 0.226 e. The second-order valence-electron chi connectivity index (χ2n) is 6.07. The van der Waals surface area contributed by atoms with Crippen molar-refractivity contribution in [3.8, 4) is 11.3 Å². The maximum absolute atomic E-state index is 12.3. The highest BCUT2D eigenvalue weighted by molar-refractivity contribution is 7.15. The number of carbonyl (C=O) groups excluding carboxylic acids is 1. The van der Waals surface area contributed by atoms with Crippen molar-refractivity contribution >= 4 is 33.8 Å². The third kappa shape index (κ3) is 4.44. The summed E-state index contributed by atoms with van der Waals surface area (Å²) in [6.45, 7) is 7.81. The summed E-state index contributed by atoms with van der Waals surface area (Å²) in [5.74, 6) is 0.0404. The zero-order valence-corrected chi connectivity index (χ0v) is 16.6. The molecule has 0 unspecified atom stereocenters. The highest BCUT2D eigenvalue weighted by Crippen LogP contribution is 2.25. The van der Waals surface area contributed by atoms with Gasteiger partial charge in [-0.05, 0) is 25.2 Å². The molecule has 0 atom stereocenters. The van der Waals surface area contributed by atoms with Gasteiger partial charge in [0.05, 0.1) is 12.1 Å². The summed E-state index contributed by atoms with van der Waals surface area (Å²) in [6.07, 6.45) is 2.34. The van der Waals surface area contributed by atoms with Crippen molar-refractivity contribution in [3.05, 3.63) is 46.6 Å². The van der Waals surface area contributed by atoms with E-state index in [4.69, 9.17) is 11.6 Å². The normalized spacial score (nSPS) is 11.4. The van der Waals surface area contributed by atoms with Gasteiger partial charge in [0.2, 0.25) is 5.91 Å². The Morgan fingerprint density at radius 2 is 2.00 bits per heavy atom. The molecule has 0 radical (unpaired) electrons. The molecule has 0 saturated heterocycles. The largest absolute Gasteiger partial charge is 0.354 e. The van der Waals surface area contributed by atoms with Crippen molar-refractivity contribution in [2.24, 2.45) is 0 Å². The molecule has 2 aromatic heterocycles. The first kappa shape index (κ1) is 18.9. The van der Waals surface area contributed by atoms with E-state index in [0.29, 0.717) is 18.0 Å². The summed E-state index contributed by atoms with van der Waals surface area (Å²) in [4.78, 5) is 20.1. The van der Waals surface area contributed by atoms with Crippen LogP contribution in [0.2, 0.25) is 5.02 Å². The first-order valence-corrected chi connectivity index (χ1v) is 10.1. The summed E-state index contributed by atoms with van der Waals surface area (Å²) >= 11 is 7.50. The number of thiazole rings is 1. The molecule has 2 heterocycles. The van der Waals surface area contributed by atoms with E-state index in [9.17, 15) is 4.79 Å². The fourth-order valence-corrected chi connectivity index (χ4v) is 3.84. The van der Waals surface area contributed by atoms with E-state index in [0.717, 1.165) is 41.5 Å². The lowest BCUT2D eigenvalue weighted by Crippen LogP contribution is -2.35. The van der Waals surface area contributed by atoms with Gasteiger partial charge in [0, 0.05) is 40.9 Å². The van der Waals surface area contributed by atoms with Crippen molar-refractivity contribution in [2.45, 2.75) is 20.3 Å². The quantitative estimate of drug-likeness (QED) is 0.637. The van der Waals surface area contributed by atoms with Gasteiger partial charge >= 0.3 is 0 Å². The van der Waals surface area contributed by atoms with Gasteiger partial charge in [0.1, 0.15) is 0 Å². The number of rotatable bonds is 8. The summed E-state index contributed by atoms with van der Waals surface area (Å²) in [5.41, 5.74) is 2.86. The Morgan fingerprint density at radius 3 is 2.69 bits per heavy atom. The number of carbonyl (C=O) groups is 1. The zero-order chi connectivity index (χ0) is 18.5. The van der Waals surface area contributed by atoms with Crippen LogP contribution in [0.4, 0.5) is 0 Å². The van der Waals surface area contributed by atoms with E-state index in [1.807, 2.05) is 40.2 Å². The Morgan fingerprint density at radius 1 is 1.27 bits per heavy atom. The second kappa shape index (κ2) is 8.66. The van der Waals surface area contributed by atoms with Crippen LogP contribution < -0.4 is 5.32 Å². The lowest BCUT2D eigenvalue weighted by molar-refractivity contribution is -0.120. The number of benzene rings is 1. The summed E-state index contributed by atoms with van der Waals surface area (Å²) in [5, 5.41) is 5.71. The number of nitrogens with one attached hydrogen (secondary N) is 1. The number of nitrogens with zero attached hydrogens (tertiary/aromatic N) is 3. The van der Waals surface area contributed by atoms with Crippen molar-refractivity contribution in [2.75, 3.05) is 26.2 Å². The first-order chi connectivity index (χ1) is 12.6. The van der Waals surface area contributed by atoms with E-state index < -0.39 is 0 Å². The fraction of sp³-hybridized carbons (Fsp3) is 0.368. The Labute approximate surface area is 162 Å². The number of hydrogen-bond acceptors (Lipinski definition) is 4. The third-order valence-electron chi connectivity index (χ3n) is 4.41. The average molecular weight is 391 g/mol. The van der Waals surface area contributed by atoms with Crippen LogP contribution in [0, 0.1) is 0 Å². The molecule has 1 N–H and O–H groups in total. The van der Waals surface area contributed by atoms with Crippen LogP contribution >= 0.6 is 22.9 Å². The number of fused-ring (bicyclic) bond motifs is 1. The number of halogens is 1. The van der Waals surface area contributed by atoms with Crippen molar-refractivity contribution in [1.29, 1.82) is 0 Å². The molecule has 0 saturated carbocycles. The Hall–Kier alpha value is -1.89. The summed E-state index contributed by atoms with van der Waals surface area (Å²) in [6, 6.07) is 7.62. The van der Waals surface area contributed by atoms with Gasteiger partial charge < -0.3 is 10.2 Å². The van der Waals surface area contributed by atoms with E-state index in [-0.39, 0.29) is 5.91 Å². The average Bonchev–Trinajstić information content (AvgIpc) is 3.21. The van der Waals surface area contributed by atoms with Crippen LogP contribution in [0.5, 0.6) is 0 Å². The van der Waals surface area contributed by atoms with Crippen LogP contribution in [-0.2, 0) is 11.2 Å². The van der Waals surface area contributed by atoms with E-state index >= 15 is 0 Å². The van der Waals surface area contributed by atoms with E-state index in [2.05, 4.69) is 29.0 Å². The molecule has 0 bridgehead atoms. The lowest BCUT2D eigenvalue weighted by Gasteiger charge is -2.17. The Kier molecular flexibility index (Phi) is 6.29. The predicted molar refractivity (Wildman–Crippen MR) is 108 cm³/mol. The van der Waals surface area contributed by atoms with Gasteiger partial charge in [-0.3, -0.25) is 9.20 Å². The molecule has 1 amide bonds. The van der Waals surface area contributed by atoms with Gasteiger partial charge in [0.15, 0.2) is 4.96 Å². The molecule has 0 aliphatic rings. The van der Waals surface area contributed by atoms with Crippen molar-refractivity contribution in [1.82, 2.24) is 19.6 Å². The van der Waals surface area contributed by atoms with Crippen molar-refractivity contribution in [3.63, 3.8) is 0 Å². The molecular formula is C19H23ClN4OS. The number of amides is 1. The zero-order valence-electron chi connectivity index (χ0n) is 15.0. The third-order valence-corrected chi connectivity index (χ3v) is 5.55. The number of aromatic nitrogens is 2. The van der Waals surface area contributed by atoms with Crippen LogP contribution in [-0.4, -0.2) is 46.4 Å². The molecule has 3 rings (SSSR count). The minimum atomic E-state index is 0.0404. The number of imidazole rings is 1. The molecule has 0 aliphatic carbocycles. The van der Waals surface area contributed by atoms with Gasteiger partial charge in [-0.25, -0.2) is 4.98 Å². The monoisotopic (exact) mass is 390 g/mol. The maximum atomic E-state index is 12.3. The highest BCUT2D eigenvalue weighted by atomic mass is 35.5. The lowest BCUT2D eigenvalue weighted by atomic mass is 10.2. The standard InChI is InChI=1S/C19H23ClN4OS/c1-3-23(4-2)10-9-21-18(25)11-16-13-26-19-22-17(12-24(16)19)14-5-7-15(20)8-6-14/h5-8,12-13H,3-4,9-11H2,1-2H3,(H,21,25). The Bertz CT molecular complexity index is 867. The van der Waals surface area contributed by atoms with Gasteiger partial charge in [-0.15, -0.1) is 11.3 Å². The topological polar surface area (TPSA) is 49.6 Å². The smallest absolute Gasteiger partial charge is 0.226 e. The van der Waals surface area contributed by atoms with Crippen LogP contribution in [0.1, 0.15) is 19.5 Å². The Balaban J connectivity index is 1.65.